The van der Waals surface area contributed by atoms with Gasteiger partial charge in [0.05, 0.1) is 0 Å². The van der Waals surface area contributed by atoms with Crippen molar-refractivity contribution in [1.29, 1.82) is 0 Å². The minimum absolute atomic E-state index is 0.425. The van der Waals surface area contributed by atoms with Crippen molar-refractivity contribution < 1.29 is 0 Å². The van der Waals surface area contributed by atoms with Gasteiger partial charge in [0.2, 0.25) is 0 Å². The standard InChI is InChI=1S/C10H21N/c1-6-10(3,4)7-9(2)8-11-5/h11H,2,6-8H2,1,3-5H3. The molecule has 0 aliphatic rings. The zero-order valence-corrected chi connectivity index (χ0v) is 8.33. The highest BCUT2D eigenvalue weighted by atomic mass is 14.8. The van der Waals surface area contributed by atoms with E-state index in [-0.39, 0.29) is 0 Å². The normalized spacial score (nSPS) is 11.6. The van der Waals surface area contributed by atoms with Crippen LogP contribution in [0.15, 0.2) is 12.2 Å². The van der Waals surface area contributed by atoms with Crippen molar-refractivity contribution in [3.05, 3.63) is 12.2 Å². The van der Waals surface area contributed by atoms with E-state index in [9.17, 15) is 0 Å². The lowest BCUT2D eigenvalue weighted by atomic mass is 9.83. The van der Waals surface area contributed by atoms with Gasteiger partial charge < -0.3 is 5.32 Å². The van der Waals surface area contributed by atoms with Gasteiger partial charge in [-0.1, -0.05) is 39.3 Å². The van der Waals surface area contributed by atoms with Crippen LogP contribution in [0.3, 0.4) is 0 Å². The van der Waals surface area contributed by atoms with Gasteiger partial charge in [-0.15, -0.1) is 0 Å². The lowest BCUT2D eigenvalue weighted by Gasteiger charge is -2.23. The monoisotopic (exact) mass is 155 g/mol. The van der Waals surface area contributed by atoms with E-state index < -0.39 is 0 Å². The van der Waals surface area contributed by atoms with E-state index in [0.717, 1.165) is 13.0 Å². The molecule has 0 aliphatic heterocycles. The molecule has 0 aromatic carbocycles. The molecule has 1 nitrogen and oxygen atoms in total. The van der Waals surface area contributed by atoms with Gasteiger partial charge in [0.15, 0.2) is 0 Å². The summed E-state index contributed by atoms with van der Waals surface area (Å²) in [6.07, 6.45) is 2.35. The molecule has 11 heavy (non-hydrogen) atoms. The SMILES string of the molecule is C=C(CNC)CC(C)(C)CC. The number of nitrogens with one attached hydrogen (secondary N) is 1. The molecule has 0 rings (SSSR count). The van der Waals surface area contributed by atoms with Gasteiger partial charge in [0, 0.05) is 6.54 Å². The summed E-state index contributed by atoms with van der Waals surface area (Å²) in [6, 6.07) is 0. The summed E-state index contributed by atoms with van der Waals surface area (Å²) in [4.78, 5) is 0. The van der Waals surface area contributed by atoms with E-state index in [2.05, 4.69) is 32.7 Å². The van der Waals surface area contributed by atoms with Crippen LogP contribution in [0.4, 0.5) is 0 Å². The molecular formula is C10H21N. The van der Waals surface area contributed by atoms with Crippen molar-refractivity contribution in [2.45, 2.75) is 33.6 Å². The van der Waals surface area contributed by atoms with Crippen LogP contribution < -0.4 is 5.32 Å². The molecule has 0 saturated carbocycles. The second kappa shape index (κ2) is 4.55. The zero-order chi connectivity index (χ0) is 8.91. The Kier molecular flexibility index (Phi) is 4.43. The van der Waals surface area contributed by atoms with Crippen LogP contribution >= 0.6 is 0 Å². The van der Waals surface area contributed by atoms with Crippen molar-refractivity contribution in [3.63, 3.8) is 0 Å². The predicted octanol–water partition coefficient (Wildman–Crippen LogP) is 2.59. The summed E-state index contributed by atoms with van der Waals surface area (Å²) in [6.45, 7) is 11.8. The fourth-order valence-electron chi connectivity index (χ4n) is 1.11. The molecule has 0 amide bonds. The quantitative estimate of drug-likeness (QED) is 0.602. The van der Waals surface area contributed by atoms with Crippen LogP contribution in [0.2, 0.25) is 0 Å². The van der Waals surface area contributed by atoms with Crippen molar-refractivity contribution in [2.24, 2.45) is 5.41 Å². The minimum Gasteiger partial charge on any atom is -0.316 e. The molecule has 0 heterocycles. The summed E-state index contributed by atoms with van der Waals surface area (Å²) in [5, 5.41) is 3.11. The molecule has 0 aliphatic carbocycles. The fourth-order valence-corrected chi connectivity index (χ4v) is 1.11. The second-order valence-electron chi connectivity index (χ2n) is 3.97. The number of hydrogen-bond acceptors (Lipinski definition) is 1. The first-order valence-corrected chi connectivity index (χ1v) is 4.33. The maximum Gasteiger partial charge on any atom is 0.0159 e. The second-order valence-corrected chi connectivity index (χ2v) is 3.97. The summed E-state index contributed by atoms with van der Waals surface area (Å²) >= 11 is 0. The molecule has 0 spiro atoms. The van der Waals surface area contributed by atoms with Crippen LogP contribution in [0, 0.1) is 5.41 Å². The summed E-state index contributed by atoms with van der Waals surface area (Å²) < 4.78 is 0. The first-order chi connectivity index (χ1) is 5.02. The minimum atomic E-state index is 0.425. The molecule has 0 atom stereocenters. The van der Waals surface area contributed by atoms with Gasteiger partial charge in [-0.25, -0.2) is 0 Å². The van der Waals surface area contributed by atoms with Gasteiger partial charge in [-0.05, 0) is 18.9 Å². The predicted molar refractivity (Wildman–Crippen MR) is 51.8 cm³/mol. The zero-order valence-electron chi connectivity index (χ0n) is 8.33. The Bertz CT molecular complexity index is 125. The summed E-state index contributed by atoms with van der Waals surface area (Å²) in [5.74, 6) is 0. The van der Waals surface area contributed by atoms with Crippen molar-refractivity contribution in [1.82, 2.24) is 5.32 Å². The number of rotatable bonds is 5. The molecule has 0 aromatic heterocycles. The van der Waals surface area contributed by atoms with Gasteiger partial charge in [0.1, 0.15) is 0 Å². The largest absolute Gasteiger partial charge is 0.316 e. The van der Waals surface area contributed by atoms with E-state index in [1.54, 1.807) is 0 Å². The van der Waals surface area contributed by atoms with E-state index in [0.29, 0.717) is 5.41 Å². The summed E-state index contributed by atoms with van der Waals surface area (Å²) in [7, 11) is 1.96. The van der Waals surface area contributed by atoms with Gasteiger partial charge >= 0.3 is 0 Å². The molecule has 0 unspecified atom stereocenters. The Hall–Kier alpha value is -0.300. The maximum atomic E-state index is 4.02. The average Bonchev–Trinajstić information content (AvgIpc) is 1.87. The Morgan fingerprint density at radius 3 is 2.36 bits per heavy atom. The van der Waals surface area contributed by atoms with Crippen molar-refractivity contribution >= 4 is 0 Å². The first-order valence-electron chi connectivity index (χ1n) is 4.33. The van der Waals surface area contributed by atoms with Crippen molar-refractivity contribution in [3.8, 4) is 0 Å². The topological polar surface area (TPSA) is 12.0 Å². The van der Waals surface area contributed by atoms with Crippen LogP contribution in [-0.2, 0) is 0 Å². The third kappa shape index (κ3) is 5.02. The smallest absolute Gasteiger partial charge is 0.0159 e. The number of hydrogen-bond donors (Lipinski definition) is 1. The number of likely N-dealkylation sites (N-methyl/N-ethyl adjacent to an activating group) is 1. The van der Waals surface area contributed by atoms with E-state index in [1.807, 2.05) is 7.05 Å². The Morgan fingerprint density at radius 1 is 1.45 bits per heavy atom. The third-order valence-corrected chi connectivity index (χ3v) is 2.11. The van der Waals surface area contributed by atoms with Crippen LogP contribution in [0.1, 0.15) is 33.6 Å². The highest BCUT2D eigenvalue weighted by molar-refractivity contribution is 4.99. The highest BCUT2D eigenvalue weighted by Gasteiger charge is 2.15. The fraction of sp³-hybridized carbons (Fsp3) is 0.800. The van der Waals surface area contributed by atoms with E-state index >= 15 is 0 Å². The highest BCUT2D eigenvalue weighted by Crippen LogP contribution is 2.27. The van der Waals surface area contributed by atoms with Gasteiger partial charge in [-0.3, -0.25) is 0 Å². The van der Waals surface area contributed by atoms with Crippen molar-refractivity contribution in [2.75, 3.05) is 13.6 Å². The Balaban J connectivity index is 3.74. The molecule has 0 aromatic rings. The Labute approximate surface area is 70.9 Å². The average molecular weight is 155 g/mol. The van der Waals surface area contributed by atoms with Crippen LogP contribution in [0.25, 0.3) is 0 Å². The molecule has 1 heteroatoms. The molecular weight excluding hydrogens is 134 g/mol. The molecule has 0 saturated heterocycles. The molecule has 0 fully saturated rings. The van der Waals surface area contributed by atoms with Gasteiger partial charge in [-0.2, -0.15) is 0 Å². The van der Waals surface area contributed by atoms with Crippen LogP contribution in [-0.4, -0.2) is 13.6 Å². The van der Waals surface area contributed by atoms with E-state index in [4.69, 9.17) is 0 Å². The van der Waals surface area contributed by atoms with Crippen LogP contribution in [0.5, 0.6) is 0 Å². The first kappa shape index (κ1) is 10.7. The lowest BCUT2D eigenvalue weighted by Crippen LogP contribution is -2.16. The molecule has 0 bridgehead atoms. The molecule has 0 radical (unpaired) electrons. The third-order valence-electron chi connectivity index (χ3n) is 2.11. The molecule has 66 valence electrons. The maximum absolute atomic E-state index is 4.02. The van der Waals surface area contributed by atoms with Gasteiger partial charge in [0.25, 0.3) is 0 Å². The molecule has 1 N–H and O–H groups in total. The lowest BCUT2D eigenvalue weighted by molar-refractivity contribution is 0.346. The van der Waals surface area contributed by atoms with E-state index in [1.165, 1.54) is 12.0 Å². The Morgan fingerprint density at radius 2 is 2.00 bits per heavy atom. The summed E-state index contributed by atoms with van der Waals surface area (Å²) in [5.41, 5.74) is 1.73.